The van der Waals surface area contributed by atoms with E-state index >= 15 is 0 Å². The number of para-hydroxylation sites is 1. The van der Waals surface area contributed by atoms with Crippen LogP contribution < -0.4 is 0 Å². The Balaban J connectivity index is 1.65. The Morgan fingerprint density at radius 3 is 3.00 bits per heavy atom. The van der Waals surface area contributed by atoms with Crippen LogP contribution in [-0.2, 0) is 0 Å². The first-order valence-electron chi connectivity index (χ1n) is 7.72. The molecule has 1 amide bonds. The van der Waals surface area contributed by atoms with E-state index in [9.17, 15) is 13.6 Å². The molecule has 4 nitrogen and oxygen atoms in total. The van der Waals surface area contributed by atoms with Gasteiger partial charge in [0, 0.05) is 18.8 Å². The molecule has 1 aromatic carbocycles. The summed E-state index contributed by atoms with van der Waals surface area (Å²) < 4.78 is 25.7. The van der Waals surface area contributed by atoms with Crippen LogP contribution >= 0.6 is 11.8 Å². The predicted octanol–water partition coefficient (Wildman–Crippen LogP) is 3.47. The third-order valence-electron chi connectivity index (χ3n) is 4.88. The number of hydrogen-bond acceptors (Lipinski definition) is 3. The summed E-state index contributed by atoms with van der Waals surface area (Å²) >= 11 is 1.95. The normalized spacial score (nSPS) is 24.4. The highest BCUT2D eigenvalue weighted by Crippen LogP contribution is 2.43. The Morgan fingerprint density at radius 2 is 2.26 bits per heavy atom. The van der Waals surface area contributed by atoms with Crippen molar-refractivity contribution in [1.82, 2.24) is 14.9 Å². The molecule has 0 saturated carbocycles. The SMILES string of the molecule is O=C(c1cccc2[nH]c(C(F)F)nc12)N1CCC2(CCSC2)C1. The van der Waals surface area contributed by atoms with Crippen molar-refractivity contribution in [3.8, 4) is 0 Å². The number of rotatable bonds is 2. The van der Waals surface area contributed by atoms with Gasteiger partial charge in [0.2, 0.25) is 0 Å². The fraction of sp³-hybridized carbons (Fsp3) is 0.500. The average molecular weight is 337 g/mol. The predicted molar refractivity (Wildman–Crippen MR) is 85.9 cm³/mol. The number of amides is 1. The first-order valence-corrected chi connectivity index (χ1v) is 8.87. The molecule has 2 saturated heterocycles. The van der Waals surface area contributed by atoms with Crippen LogP contribution in [0.3, 0.4) is 0 Å². The summed E-state index contributed by atoms with van der Waals surface area (Å²) in [5, 5.41) is 0. The van der Waals surface area contributed by atoms with E-state index in [0.717, 1.165) is 37.4 Å². The number of hydrogen-bond donors (Lipinski definition) is 1. The molecular weight excluding hydrogens is 320 g/mol. The maximum atomic E-state index is 12.9. The zero-order chi connectivity index (χ0) is 16.0. The van der Waals surface area contributed by atoms with Gasteiger partial charge in [-0.1, -0.05) is 6.07 Å². The summed E-state index contributed by atoms with van der Waals surface area (Å²) in [6.07, 6.45) is -0.482. The zero-order valence-electron chi connectivity index (χ0n) is 12.5. The third kappa shape index (κ3) is 2.51. The van der Waals surface area contributed by atoms with Gasteiger partial charge in [-0.15, -0.1) is 0 Å². The van der Waals surface area contributed by atoms with Gasteiger partial charge in [-0.2, -0.15) is 11.8 Å². The van der Waals surface area contributed by atoms with Gasteiger partial charge >= 0.3 is 0 Å². The lowest BCUT2D eigenvalue weighted by molar-refractivity contribution is 0.0778. The van der Waals surface area contributed by atoms with Crippen LogP contribution in [0.5, 0.6) is 0 Å². The van der Waals surface area contributed by atoms with Crippen LogP contribution in [0.2, 0.25) is 0 Å². The Bertz CT molecular complexity index is 755. The van der Waals surface area contributed by atoms with Crippen molar-refractivity contribution < 1.29 is 13.6 Å². The van der Waals surface area contributed by atoms with E-state index in [4.69, 9.17) is 0 Å². The summed E-state index contributed by atoms with van der Waals surface area (Å²) in [4.78, 5) is 21.2. The number of H-pyrrole nitrogens is 1. The summed E-state index contributed by atoms with van der Waals surface area (Å²) in [6, 6.07) is 5.06. The molecule has 2 aliphatic heterocycles. The monoisotopic (exact) mass is 337 g/mol. The van der Waals surface area contributed by atoms with E-state index in [1.54, 1.807) is 18.2 Å². The van der Waals surface area contributed by atoms with Crippen LogP contribution in [0, 0.1) is 5.41 Å². The van der Waals surface area contributed by atoms with Gasteiger partial charge in [0.15, 0.2) is 5.82 Å². The van der Waals surface area contributed by atoms with E-state index in [1.807, 2.05) is 16.7 Å². The highest BCUT2D eigenvalue weighted by molar-refractivity contribution is 7.99. The number of carbonyl (C=O) groups is 1. The third-order valence-corrected chi connectivity index (χ3v) is 6.19. The van der Waals surface area contributed by atoms with Crippen LogP contribution in [0.4, 0.5) is 8.78 Å². The number of imidazole rings is 1. The second-order valence-electron chi connectivity index (χ2n) is 6.40. The lowest BCUT2D eigenvalue weighted by Gasteiger charge is -2.22. The fourth-order valence-corrected chi connectivity index (χ4v) is 5.11. The lowest BCUT2D eigenvalue weighted by atomic mass is 9.87. The van der Waals surface area contributed by atoms with Crippen molar-refractivity contribution in [2.75, 3.05) is 24.6 Å². The molecule has 1 atom stereocenters. The number of benzene rings is 1. The number of fused-ring (bicyclic) bond motifs is 1. The van der Waals surface area contributed by atoms with Gasteiger partial charge in [-0.3, -0.25) is 4.79 Å². The molecule has 0 bridgehead atoms. The van der Waals surface area contributed by atoms with Gasteiger partial charge in [0.25, 0.3) is 12.3 Å². The summed E-state index contributed by atoms with van der Waals surface area (Å²) in [5.41, 5.74) is 1.49. The van der Waals surface area contributed by atoms with Crippen molar-refractivity contribution in [2.24, 2.45) is 5.41 Å². The molecule has 23 heavy (non-hydrogen) atoms. The van der Waals surface area contributed by atoms with Crippen molar-refractivity contribution in [3.05, 3.63) is 29.6 Å². The average Bonchev–Trinajstić information content (AvgIpc) is 3.26. The number of nitrogens with zero attached hydrogens (tertiary/aromatic N) is 2. The molecule has 0 aliphatic carbocycles. The van der Waals surface area contributed by atoms with E-state index in [-0.39, 0.29) is 17.1 Å². The summed E-state index contributed by atoms with van der Waals surface area (Å²) in [5.74, 6) is 1.79. The molecule has 2 aliphatic rings. The minimum Gasteiger partial charge on any atom is -0.338 e. The van der Waals surface area contributed by atoms with E-state index in [0.29, 0.717) is 16.6 Å². The molecule has 1 N–H and O–H groups in total. The molecule has 1 aromatic heterocycles. The molecule has 1 unspecified atom stereocenters. The molecule has 0 radical (unpaired) electrons. The molecule has 3 heterocycles. The minimum atomic E-state index is -2.67. The van der Waals surface area contributed by atoms with Gasteiger partial charge in [-0.25, -0.2) is 13.8 Å². The smallest absolute Gasteiger partial charge is 0.295 e. The van der Waals surface area contributed by atoms with Crippen molar-refractivity contribution >= 4 is 28.7 Å². The zero-order valence-corrected chi connectivity index (χ0v) is 13.3. The standard InChI is InChI=1S/C16H17F2N3OS/c17-13(18)14-19-11-3-1-2-10(12(11)20-14)15(22)21-6-4-16(8-21)5-7-23-9-16/h1-3,13H,4-9H2,(H,19,20). The lowest BCUT2D eigenvalue weighted by Crippen LogP contribution is -2.32. The van der Waals surface area contributed by atoms with Gasteiger partial charge in [0.05, 0.1) is 11.1 Å². The first-order chi connectivity index (χ1) is 11.1. The number of nitrogens with one attached hydrogen (secondary N) is 1. The van der Waals surface area contributed by atoms with E-state index < -0.39 is 6.43 Å². The largest absolute Gasteiger partial charge is 0.338 e. The van der Waals surface area contributed by atoms with Crippen molar-refractivity contribution in [3.63, 3.8) is 0 Å². The van der Waals surface area contributed by atoms with Crippen LogP contribution in [-0.4, -0.2) is 45.4 Å². The van der Waals surface area contributed by atoms with E-state index in [1.165, 1.54) is 0 Å². The molecule has 2 fully saturated rings. The first kappa shape index (κ1) is 14.9. The highest BCUT2D eigenvalue weighted by atomic mass is 32.2. The Kier molecular flexibility index (Phi) is 3.55. The Hall–Kier alpha value is -1.63. The van der Waals surface area contributed by atoms with Gasteiger partial charge in [0.1, 0.15) is 5.52 Å². The number of alkyl halides is 2. The maximum absolute atomic E-state index is 12.9. The summed E-state index contributed by atoms with van der Waals surface area (Å²) in [7, 11) is 0. The Morgan fingerprint density at radius 1 is 1.39 bits per heavy atom. The number of halogens is 2. The number of carbonyl (C=O) groups excluding carboxylic acids is 1. The Labute approximate surface area is 136 Å². The maximum Gasteiger partial charge on any atom is 0.295 e. The van der Waals surface area contributed by atoms with Gasteiger partial charge in [-0.05, 0) is 36.1 Å². The van der Waals surface area contributed by atoms with E-state index in [2.05, 4.69) is 9.97 Å². The second kappa shape index (κ2) is 5.47. The highest BCUT2D eigenvalue weighted by Gasteiger charge is 2.42. The number of aromatic nitrogens is 2. The van der Waals surface area contributed by atoms with Gasteiger partial charge < -0.3 is 9.88 Å². The fourth-order valence-electron chi connectivity index (χ4n) is 3.58. The van der Waals surface area contributed by atoms with Crippen molar-refractivity contribution in [1.29, 1.82) is 0 Å². The van der Waals surface area contributed by atoms with Crippen molar-refractivity contribution in [2.45, 2.75) is 19.3 Å². The number of thioether (sulfide) groups is 1. The molecular formula is C16H17F2N3OS. The van der Waals surface area contributed by atoms with Crippen LogP contribution in [0.1, 0.15) is 35.4 Å². The van der Waals surface area contributed by atoms with Crippen LogP contribution in [0.25, 0.3) is 11.0 Å². The van der Waals surface area contributed by atoms with Crippen LogP contribution in [0.15, 0.2) is 18.2 Å². The molecule has 1 spiro atoms. The molecule has 122 valence electrons. The second-order valence-corrected chi connectivity index (χ2v) is 7.51. The molecule has 2 aromatic rings. The number of likely N-dealkylation sites (tertiary alicyclic amines) is 1. The summed E-state index contributed by atoms with van der Waals surface area (Å²) in [6.45, 7) is 1.50. The molecule has 7 heteroatoms. The quantitative estimate of drug-likeness (QED) is 0.913. The topological polar surface area (TPSA) is 49.0 Å². The molecule has 4 rings (SSSR count). The number of aromatic amines is 1. The minimum absolute atomic E-state index is 0.100.